The Hall–Kier alpha value is -2.06. The average molecular weight is 399 g/mol. The van der Waals surface area contributed by atoms with Gasteiger partial charge >= 0.3 is 5.97 Å². The third kappa shape index (κ3) is 4.98. The van der Waals surface area contributed by atoms with Crippen molar-refractivity contribution in [1.82, 2.24) is 9.55 Å². The van der Waals surface area contributed by atoms with Crippen molar-refractivity contribution in [1.29, 1.82) is 0 Å². The van der Waals surface area contributed by atoms with Gasteiger partial charge in [0.15, 0.2) is 0 Å². The molecule has 0 aliphatic rings. The highest BCUT2D eigenvalue weighted by Gasteiger charge is 2.21. The Kier molecular flexibility index (Phi) is 7.47. The molecule has 26 heavy (non-hydrogen) atoms. The summed E-state index contributed by atoms with van der Waals surface area (Å²) in [7, 11) is -1.61. The van der Waals surface area contributed by atoms with Gasteiger partial charge in [-0.1, -0.05) is 18.5 Å². The summed E-state index contributed by atoms with van der Waals surface area (Å²) in [5.41, 5.74) is 0.440. The van der Waals surface area contributed by atoms with E-state index in [1.54, 1.807) is 41.2 Å². The minimum atomic E-state index is -2.96. The largest absolute Gasteiger partial charge is 0.469 e. The van der Waals surface area contributed by atoms with E-state index in [-0.39, 0.29) is 18.0 Å². The third-order valence-electron chi connectivity index (χ3n) is 3.94. The number of aromatic nitrogens is 2. The Bertz CT molecular complexity index is 797. The van der Waals surface area contributed by atoms with Gasteiger partial charge in [0.1, 0.15) is 0 Å². The standard InChI is InChI=1S/C17H21ClN3O4S/c1-3-14(5-4-6-16(22)25-2)20-12-11-19-17(20)21(26(23)24)15-9-7-13(18)8-10-15/h7-12,14,26H,1,3-6H2,2H3. The molecule has 0 N–H and O–H groups in total. The first-order valence-corrected chi connectivity index (χ1v) is 9.57. The summed E-state index contributed by atoms with van der Waals surface area (Å²) in [6, 6.07) is 6.37. The smallest absolute Gasteiger partial charge is 0.305 e. The minimum absolute atomic E-state index is 0.0955. The van der Waals surface area contributed by atoms with E-state index < -0.39 is 10.9 Å². The third-order valence-corrected chi connectivity index (χ3v) is 4.93. The minimum Gasteiger partial charge on any atom is -0.469 e. The Morgan fingerprint density at radius 2 is 2.08 bits per heavy atom. The van der Waals surface area contributed by atoms with Crippen LogP contribution in [0.4, 0.5) is 11.6 Å². The van der Waals surface area contributed by atoms with Crippen LogP contribution in [-0.2, 0) is 20.4 Å². The molecular formula is C17H21ClN3O4S. The van der Waals surface area contributed by atoms with Crippen molar-refractivity contribution in [2.75, 3.05) is 11.4 Å². The quantitative estimate of drug-likeness (QED) is 0.517. The van der Waals surface area contributed by atoms with Crippen LogP contribution in [0.2, 0.25) is 5.02 Å². The van der Waals surface area contributed by atoms with Gasteiger partial charge in [0, 0.05) is 29.9 Å². The van der Waals surface area contributed by atoms with Crippen LogP contribution in [0.3, 0.4) is 0 Å². The fourth-order valence-corrected chi connectivity index (χ4v) is 3.37. The van der Waals surface area contributed by atoms with Crippen molar-refractivity contribution >= 4 is 40.1 Å². The number of hydrogen-bond acceptors (Lipinski definition) is 5. The second-order valence-electron chi connectivity index (χ2n) is 5.57. The Morgan fingerprint density at radius 3 is 2.65 bits per heavy atom. The van der Waals surface area contributed by atoms with Gasteiger partial charge in [-0.15, -0.1) is 0 Å². The molecule has 9 heteroatoms. The van der Waals surface area contributed by atoms with E-state index in [9.17, 15) is 13.2 Å². The fourth-order valence-electron chi connectivity index (χ4n) is 2.63. The van der Waals surface area contributed by atoms with Crippen molar-refractivity contribution in [2.24, 2.45) is 0 Å². The first-order valence-electron chi connectivity index (χ1n) is 8.06. The van der Waals surface area contributed by atoms with Crippen LogP contribution in [0.25, 0.3) is 0 Å². The molecule has 0 amide bonds. The molecule has 0 aliphatic carbocycles. The van der Waals surface area contributed by atoms with Crippen LogP contribution < -0.4 is 4.31 Å². The van der Waals surface area contributed by atoms with Crippen molar-refractivity contribution in [3.05, 3.63) is 48.6 Å². The van der Waals surface area contributed by atoms with Gasteiger partial charge in [0.25, 0.3) is 0 Å². The van der Waals surface area contributed by atoms with Gasteiger partial charge in [0.2, 0.25) is 16.8 Å². The zero-order valence-electron chi connectivity index (χ0n) is 14.4. The maximum Gasteiger partial charge on any atom is 0.305 e. The van der Waals surface area contributed by atoms with Gasteiger partial charge in [-0.25, -0.2) is 17.7 Å². The highest BCUT2D eigenvalue weighted by atomic mass is 35.5. The molecule has 1 heterocycles. The predicted octanol–water partition coefficient (Wildman–Crippen LogP) is 3.31. The summed E-state index contributed by atoms with van der Waals surface area (Å²) in [5, 5.41) is 0.511. The van der Waals surface area contributed by atoms with Crippen LogP contribution in [0.5, 0.6) is 0 Å². The van der Waals surface area contributed by atoms with Gasteiger partial charge < -0.3 is 9.30 Å². The molecule has 0 spiro atoms. The number of ether oxygens (including phenoxy) is 1. The summed E-state index contributed by atoms with van der Waals surface area (Å²) in [5.74, 6) is -0.000698. The number of carbonyl (C=O) groups excluding carboxylic acids is 1. The van der Waals surface area contributed by atoms with Crippen LogP contribution >= 0.6 is 11.6 Å². The summed E-state index contributed by atoms with van der Waals surface area (Å²) < 4.78 is 31.3. The van der Waals surface area contributed by atoms with Crippen LogP contribution in [0, 0.1) is 6.92 Å². The topological polar surface area (TPSA) is 81.5 Å². The summed E-state index contributed by atoms with van der Waals surface area (Å²) in [6.07, 6.45) is 5.33. The van der Waals surface area contributed by atoms with Crippen molar-refractivity contribution in [2.45, 2.75) is 31.7 Å². The summed E-state index contributed by atoms with van der Waals surface area (Å²) >= 11 is 5.88. The lowest BCUT2D eigenvalue weighted by molar-refractivity contribution is -0.140. The van der Waals surface area contributed by atoms with Crippen LogP contribution in [0.15, 0.2) is 36.7 Å². The molecule has 1 atom stereocenters. The van der Waals surface area contributed by atoms with Crippen LogP contribution in [-0.4, -0.2) is 31.0 Å². The Morgan fingerprint density at radius 1 is 1.38 bits per heavy atom. The molecule has 0 saturated heterocycles. The fraction of sp³-hybridized carbons (Fsp3) is 0.353. The van der Waals surface area contributed by atoms with Gasteiger partial charge in [0.05, 0.1) is 12.8 Å². The number of imidazole rings is 1. The lowest BCUT2D eigenvalue weighted by Gasteiger charge is -2.23. The second-order valence-corrected chi connectivity index (χ2v) is 6.88. The van der Waals surface area contributed by atoms with E-state index in [1.807, 2.05) is 0 Å². The maximum absolute atomic E-state index is 11.9. The van der Waals surface area contributed by atoms with E-state index in [2.05, 4.69) is 16.6 Å². The number of methoxy groups -OCH3 is 1. The number of halogens is 1. The molecule has 141 valence electrons. The second kappa shape index (κ2) is 9.59. The number of benzene rings is 1. The summed E-state index contributed by atoms with van der Waals surface area (Å²) in [4.78, 5) is 15.5. The Balaban J connectivity index is 2.27. The van der Waals surface area contributed by atoms with Crippen molar-refractivity contribution in [3.63, 3.8) is 0 Å². The SMILES string of the molecule is [CH2]CC(CCCC(=O)OC)n1ccnc1N(c1ccc(Cl)cc1)[SH](=O)=O. The molecule has 1 aromatic heterocycles. The van der Waals surface area contributed by atoms with E-state index in [1.165, 1.54) is 7.11 Å². The molecule has 0 fully saturated rings. The number of thiol groups is 1. The van der Waals surface area contributed by atoms with E-state index in [0.29, 0.717) is 36.4 Å². The predicted molar refractivity (Wildman–Crippen MR) is 101 cm³/mol. The van der Waals surface area contributed by atoms with Crippen molar-refractivity contribution in [3.8, 4) is 0 Å². The number of rotatable bonds is 9. The number of anilines is 2. The molecule has 0 aliphatic heterocycles. The zero-order valence-corrected chi connectivity index (χ0v) is 16.0. The molecule has 0 bridgehead atoms. The highest BCUT2D eigenvalue weighted by Crippen LogP contribution is 2.30. The first-order chi connectivity index (χ1) is 12.5. The first kappa shape index (κ1) is 20.3. The highest BCUT2D eigenvalue weighted by molar-refractivity contribution is 7.74. The lowest BCUT2D eigenvalue weighted by atomic mass is 10.1. The molecule has 1 radical (unpaired) electrons. The number of nitrogens with zero attached hydrogens (tertiary/aromatic N) is 3. The molecule has 1 aromatic carbocycles. The zero-order chi connectivity index (χ0) is 19.1. The number of esters is 1. The molecule has 2 aromatic rings. The van der Waals surface area contributed by atoms with Crippen LogP contribution in [0.1, 0.15) is 31.7 Å². The average Bonchev–Trinajstić information content (AvgIpc) is 3.09. The Labute approximate surface area is 159 Å². The van der Waals surface area contributed by atoms with Gasteiger partial charge in [-0.3, -0.25) is 4.79 Å². The van der Waals surface area contributed by atoms with Crippen molar-refractivity contribution < 1.29 is 17.9 Å². The van der Waals surface area contributed by atoms with Gasteiger partial charge in [-0.2, -0.15) is 0 Å². The molecule has 7 nitrogen and oxygen atoms in total. The van der Waals surface area contributed by atoms with E-state index in [0.717, 1.165) is 4.31 Å². The lowest BCUT2D eigenvalue weighted by Crippen LogP contribution is -2.21. The number of carbonyl (C=O) groups is 1. The van der Waals surface area contributed by atoms with Gasteiger partial charge in [-0.05, 0) is 43.5 Å². The maximum atomic E-state index is 11.9. The van der Waals surface area contributed by atoms with E-state index >= 15 is 0 Å². The molecular weight excluding hydrogens is 378 g/mol. The molecule has 2 rings (SSSR count). The summed E-state index contributed by atoms with van der Waals surface area (Å²) in [6.45, 7) is 3.94. The normalized spacial score (nSPS) is 12.2. The molecule has 1 unspecified atom stereocenters. The molecule has 0 saturated carbocycles. The van der Waals surface area contributed by atoms with E-state index in [4.69, 9.17) is 11.6 Å². The number of hydrogen-bond donors (Lipinski definition) is 1. The monoisotopic (exact) mass is 398 g/mol.